The highest BCUT2D eigenvalue weighted by Gasteiger charge is 2.30. The summed E-state index contributed by atoms with van der Waals surface area (Å²) < 4.78 is 5.48. The zero-order valence-electron chi connectivity index (χ0n) is 17.4. The van der Waals surface area contributed by atoms with Gasteiger partial charge in [-0.15, -0.1) is 0 Å². The molecule has 0 aliphatic carbocycles. The molecule has 0 aromatic heterocycles. The largest absolute Gasteiger partial charge is 0.444 e. The Bertz CT molecular complexity index is 631. The van der Waals surface area contributed by atoms with Gasteiger partial charge in [-0.2, -0.15) is 0 Å². The average Bonchev–Trinajstić information content (AvgIpc) is 3.11. The summed E-state index contributed by atoms with van der Waals surface area (Å²) in [5, 5.41) is 3.51. The molecule has 2 heterocycles. The number of hydrogen-bond acceptors (Lipinski definition) is 5. The molecule has 1 amide bonds. The zero-order valence-corrected chi connectivity index (χ0v) is 17.4. The van der Waals surface area contributed by atoms with Gasteiger partial charge in [-0.1, -0.05) is 12.1 Å². The van der Waals surface area contributed by atoms with Gasteiger partial charge in [0.1, 0.15) is 5.60 Å². The van der Waals surface area contributed by atoms with E-state index < -0.39 is 5.60 Å². The Morgan fingerprint density at radius 1 is 1.07 bits per heavy atom. The van der Waals surface area contributed by atoms with E-state index in [4.69, 9.17) is 4.74 Å². The Labute approximate surface area is 163 Å². The summed E-state index contributed by atoms with van der Waals surface area (Å²) in [6.45, 7) is 10.9. The fourth-order valence-electron chi connectivity index (χ4n) is 3.95. The number of nitrogens with zero attached hydrogens (tertiary/aromatic N) is 3. The molecular formula is C21H34N4O2. The normalized spacial score (nSPS) is 23.8. The molecule has 0 bridgehead atoms. The van der Waals surface area contributed by atoms with Crippen LogP contribution in [0.4, 0.5) is 10.5 Å². The number of rotatable bonds is 3. The Morgan fingerprint density at radius 2 is 1.70 bits per heavy atom. The van der Waals surface area contributed by atoms with Gasteiger partial charge in [0.25, 0.3) is 0 Å². The first-order chi connectivity index (χ1) is 12.7. The minimum absolute atomic E-state index is 0.207. The molecule has 2 fully saturated rings. The van der Waals surface area contributed by atoms with Crippen LogP contribution in [0.3, 0.4) is 0 Å². The first-order valence-corrected chi connectivity index (χ1v) is 9.94. The Balaban J connectivity index is 1.57. The van der Waals surface area contributed by atoms with Gasteiger partial charge in [0.05, 0.1) is 0 Å². The summed E-state index contributed by atoms with van der Waals surface area (Å²) in [7, 11) is 4.31. The predicted molar refractivity (Wildman–Crippen MR) is 110 cm³/mol. The van der Waals surface area contributed by atoms with Gasteiger partial charge in [0.15, 0.2) is 0 Å². The second-order valence-corrected chi connectivity index (χ2v) is 8.84. The van der Waals surface area contributed by atoms with Crippen molar-refractivity contribution in [2.24, 2.45) is 0 Å². The van der Waals surface area contributed by atoms with Crippen molar-refractivity contribution in [2.45, 2.75) is 38.3 Å². The van der Waals surface area contributed by atoms with Crippen LogP contribution in [0.25, 0.3) is 0 Å². The maximum absolute atomic E-state index is 12.2. The lowest BCUT2D eigenvalue weighted by molar-refractivity contribution is 0.0240. The molecule has 0 unspecified atom stereocenters. The number of carbonyl (C=O) groups is 1. The van der Waals surface area contributed by atoms with Crippen LogP contribution in [0.2, 0.25) is 0 Å². The second-order valence-electron chi connectivity index (χ2n) is 8.84. The van der Waals surface area contributed by atoms with Crippen molar-refractivity contribution in [3.8, 4) is 0 Å². The fraction of sp³-hybridized carbons (Fsp3) is 0.667. The number of benzene rings is 1. The van der Waals surface area contributed by atoms with Gasteiger partial charge >= 0.3 is 6.09 Å². The summed E-state index contributed by atoms with van der Waals surface area (Å²) in [4.78, 5) is 18.7. The average molecular weight is 375 g/mol. The molecule has 6 nitrogen and oxygen atoms in total. The van der Waals surface area contributed by atoms with E-state index in [0.717, 1.165) is 26.2 Å². The number of piperazine rings is 1. The molecule has 27 heavy (non-hydrogen) atoms. The second kappa shape index (κ2) is 8.07. The van der Waals surface area contributed by atoms with Gasteiger partial charge < -0.3 is 24.8 Å². The molecule has 3 rings (SSSR count). The van der Waals surface area contributed by atoms with Crippen LogP contribution in [0.5, 0.6) is 0 Å². The highest BCUT2D eigenvalue weighted by Crippen LogP contribution is 2.28. The van der Waals surface area contributed by atoms with Crippen LogP contribution in [0.15, 0.2) is 24.3 Å². The number of carbonyl (C=O) groups excluding carboxylic acids is 1. The highest BCUT2D eigenvalue weighted by molar-refractivity contribution is 5.68. The van der Waals surface area contributed by atoms with E-state index in [-0.39, 0.29) is 6.09 Å². The van der Waals surface area contributed by atoms with Crippen LogP contribution in [-0.4, -0.2) is 80.9 Å². The van der Waals surface area contributed by atoms with Gasteiger partial charge in [-0.3, -0.25) is 0 Å². The van der Waals surface area contributed by atoms with Crippen molar-refractivity contribution in [3.63, 3.8) is 0 Å². The number of amides is 1. The van der Waals surface area contributed by atoms with Crippen LogP contribution in [-0.2, 0) is 4.74 Å². The molecular weight excluding hydrogens is 340 g/mol. The molecule has 150 valence electrons. The number of nitrogens with one attached hydrogen (secondary N) is 1. The summed E-state index contributed by atoms with van der Waals surface area (Å²) >= 11 is 0. The maximum atomic E-state index is 12.2. The van der Waals surface area contributed by atoms with Crippen molar-refractivity contribution in [3.05, 3.63) is 29.8 Å². The van der Waals surface area contributed by atoms with Crippen molar-refractivity contribution in [2.75, 3.05) is 58.3 Å². The first-order valence-electron chi connectivity index (χ1n) is 9.94. The minimum atomic E-state index is -0.441. The molecule has 0 saturated carbocycles. The van der Waals surface area contributed by atoms with Gasteiger partial charge in [-0.05, 0) is 52.6 Å². The van der Waals surface area contributed by atoms with Crippen molar-refractivity contribution >= 4 is 11.8 Å². The maximum Gasteiger partial charge on any atom is 0.410 e. The molecule has 2 saturated heterocycles. The standard InChI is InChI=1S/C21H34N4O2/c1-21(2,3)27-20(26)25-12-10-24(11-13-25)17-8-6-16(7-9-17)18-14-22-15-19(18)23(4)5/h6-9,18-19,22H,10-15H2,1-5H3/t18-,19+/m1/s1. The minimum Gasteiger partial charge on any atom is -0.444 e. The van der Waals surface area contributed by atoms with E-state index in [9.17, 15) is 4.79 Å². The molecule has 0 radical (unpaired) electrons. The molecule has 2 atom stereocenters. The highest BCUT2D eigenvalue weighted by atomic mass is 16.6. The van der Waals surface area contributed by atoms with Gasteiger partial charge in [-0.25, -0.2) is 4.79 Å². The van der Waals surface area contributed by atoms with Crippen LogP contribution >= 0.6 is 0 Å². The molecule has 1 aromatic carbocycles. The lowest BCUT2D eigenvalue weighted by Gasteiger charge is -2.37. The SMILES string of the molecule is CN(C)[C@H]1CNC[C@@H]1c1ccc(N2CCN(C(=O)OC(C)(C)C)CC2)cc1. The third-order valence-corrected chi connectivity index (χ3v) is 5.46. The van der Waals surface area contributed by atoms with E-state index in [1.165, 1.54) is 11.3 Å². The number of likely N-dealkylation sites (N-methyl/N-ethyl adjacent to an activating group) is 1. The lowest BCUT2D eigenvalue weighted by atomic mass is 9.93. The van der Waals surface area contributed by atoms with Crippen LogP contribution < -0.4 is 10.2 Å². The monoisotopic (exact) mass is 374 g/mol. The topological polar surface area (TPSA) is 48.0 Å². The smallest absolute Gasteiger partial charge is 0.410 e. The van der Waals surface area contributed by atoms with Crippen molar-refractivity contribution in [1.29, 1.82) is 0 Å². The Hall–Kier alpha value is -1.79. The summed E-state index contributed by atoms with van der Waals surface area (Å²) in [6, 6.07) is 9.54. The van der Waals surface area contributed by atoms with Gasteiger partial charge in [0.2, 0.25) is 0 Å². The van der Waals surface area contributed by atoms with E-state index in [2.05, 4.69) is 53.5 Å². The summed E-state index contributed by atoms with van der Waals surface area (Å²) in [5.41, 5.74) is 2.19. The molecule has 2 aliphatic heterocycles. The van der Waals surface area contributed by atoms with E-state index in [0.29, 0.717) is 25.0 Å². The van der Waals surface area contributed by atoms with E-state index in [1.54, 1.807) is 0 Å². The summed E-state index contributed by atoms with van der Waals surface area (Å²) in [5.74, 6) is 0.540. The van der Waals surface area contributed by atoms with Crippen molar-refractivity contribution < 1.29 is 9.53 Å². The van der Waals surface area contributed by atoms with E-state index >= 15 is 0 Å². The third-order valence-electron chi connectivity index (χ3n) is 5.46. The lowest BCUT2D eigenvalue weighted by Crippen LogP contribution is -2.50. The van der Waals surface area contributed by atoms with Gasteiger partial charge in [0, 0.05) is 56.9 Å². The molecule has 1 aromatic rings. The van der Waals surface area contributed by atoms with E-state index in [1.807, 2.05) is 25.7 Å². The van der Waals surface area contributed by atoms with Crippen LogP contribution in [0.1, 0.15) is 32.3 Å². The fourth-order valence-corrected chi connectivity index (χ4v) is 3.95. The van der Waals surface area contributed by atoms with Crippen molar-refractivity contribution in [1.82, 2.24) is 15.1 Å². The molecule has 6 heteroatoms. The number of hydrogen-bond donors (Lipinski definition) is 1. The molecule has 0 spiro atoms. The molecule has 2 aliphatic rings. The Morgan fingerprint density at radius 3 is 2.26 bits per heavy atom. The summed E-state index contributed by atoms with van der Waals surface area (Å²) in [6.07, 6.45) is -0.207. The predicted octanol–water partition coefficient (Wildman–Crippen LogP) is 2.36. The van der Waals surface area contributed by atoms with Crippen LogP contribution in [0, 0.1) is 0 Å². The number of ether oxygens (including phenoxy) is 1. The molecule has 1 N–H and O–H groups in total. The Kier molecular flexibility index (Phi) is 5.96. The number of anilines is 1. The quantitative estimate of drug-likeness (QED) is 0.880. The third kappa shape index (κ3) is 4.93. The zero-order chi connectivity index (χ0) is 19.6. The first kappa shape index (κ1) is 20.0.